The lowest BCUT2D eigenvalue weighted by Gasteiger charge is -2.12. The Morgan fingerprint density at radius 3 is 2.68 bits per heavy atom. The lowest BCUT2D eigenvalue weighted by molar-refractivity contribution is -0.127. The molecule has 4 rings (SSSR count). The average molecular weight is 461 g/mol. The van der Waals surface area contributed by atoms with E-state index in [4.69, 9.17) is 16.3 Å². The van der Waals surface area contributed by atoms with Gasteiger partial charge < -0.3 is 10.1 Å². The van der Waals surface area contributed by atoms with Crippen LogP contribution >= 0.6 is 22.9 Å². The highest BCUT2D eigenvalue weighted by atomic mass is 35.5. The molecule has 0 aliphatic heterocycles. The predicted octanol–water partition coefficient (Wildman–Crippen LogP) is 3.64. The van der Waals surface area contributed by atoms with Gasteiger partial charge >= 0.3 is 12.0 Å². The van der Waals surface area contributed by atoms with Crippen molar-refractivity contribution in [1.29, 1.82) is 0 Å². The van der Waals surface area contributed by atoms with Gasteiger partial charge in [-0.3, -0.25) is 14.8 Å². The molecule has 1 unspecified atom stereocenters. The summed E-state index contributed by atoms with van der Waals surface area (Å²) in [6.45, 7) is 3.83. The van der Waals surface area contributed by atoms with Gasteiger partial charge in [0.15, 0.2) is 6.10 Å². The molecule has 1 aliphatic carbocycles. The number of nitrogens with one attached hydrogen (secondary N) is 2. The molecule has 0 bridgehead atoms. The van der Waals surface area contributed by atoms with Gasteiger partial charge in [-0.1, -0.05) is 23.7 Å². The Morgan fingerprint density at radius 2 is 2.00 bits per heavy atom. The SMILES string of the molecule is Cc1nn(Cc2ccc(Cl)cc2)c2sc(C(=O)OC(C)C(=O)NC(=O)NC3CC3)cc12. The van der Waals surface area contributed by atoms with Crippen molar-refractivity contribution in [1.82, 2.24) is 20.4 Å². The molecular weight excluding hydrogens is 440 g/mol. The molecule has 2 N–H and O–H groups in total. The molecule has 2 heterocycles. The highest BCUT2D eigenvalue weighted by Gasteiger charge is 2.27. The van der Waals surface area contributed by atoms with Crippen molar-refractivity contribution in [2.75, 3.05) is 0 Å². The molecule has 1 aromatic carbocycles. The van der Waals surface area contributed by atoms with Crippen molar-refractivity contribution in [3.63, 3.8) is 0 Å². The number of aromatic nitrogens is 2. The van der Waals surface area contributed by atoms with Crippen LogP contribution in [0.25, 0.3) is 10.2 Å². The van der Waals surface area contributed by atoms with E-state index < -0.39 is 24.0 Å². The van der Waals surface area contributed by atoms with Crippen molar-refractivity contribution in [3.8, 4) is 0 Å². The standard InChI is InChI=1S/C21H21ClN4O4S/c1-11-16-9-17(20(28)30-12(2)18(27)24-21(29)23-15-7-8-15)31-19(16)26(25-11)10-13-3-5-14(22)6-4-13/h3-6,9,12,15H,7-8,10H2,1-2H3,(H2,23,24,27,29). The molecule has 1 atom stereocenters. The quantitative estimate of drug-likeness (QED) is 0.547. The number of hydrogen-bond acceptors (Lipinski definition) is 6. The summed E-state index contributed by atoms with van der Waals surface area (Å²) in [4.78, 5) is 37.6. The molecule has 3 amide bonds. The average Bonchev–Trinajstić information content (AvgIpc) is 3.33. The molecule has 0 radical (unpaired) electrons. The first-order chi connectivity index (χ1) is 14.8. The summed E-state index contributed by atoms with van der Waals surface area (Å²) in [7, 11) is 0. The number of nitrogens with zero attached hydrogens (tertiary/aromatic N) is 2. The fraction of sp³-hybridized carbons (Fsp3) is 0.333. The number of fused-ring (bicyclic) bond motifs is 1. The zero-order valence-corrected chi connectivity index (χ0v) is 18.5. The largest absolute Gasteiger partial charge is 0.448 e. The van der Waals surface area contributed by atoms with E-state index in [0.29, 0.717) is 16.4 Å². The normalized spacial score (nSPS) is 14.3. The van der Waals surface area contributed by atoms with Gasteiger partial charge in [-0.15, -0.1) is 11.3 Å². The van der Waals surface area contributed by atoms with Crippen LogP contribution in [0.4, 0.5) is 4.79 Å². The van der Waals surface area contributed by atoms with Crippen molar-refractivity contribution < 1.29 is 19.1 Å². The van der Waals surface area contributed by atoms with Gasteiger partial charge in [-0.05, 0) is 50.5 Å². The fourth-order valence-electron chi connectivity index (χ4n) is 3.02. The molecule has 162 valence electrons. The number of carbonyl (C=O) groups excluding carboxylic acids is 3. The van der Waals surface area contributed by atoms with Crippen LogP contribution in [0.3, 0.4) is 0 Å². The Balaban J connectivity index is 1.43. The highest BCUT2D eigenvalue weighted by Crippen LogP contribution is 2.29. The van der Waals surface area contributed by atoms with E-state index in [2.05, 4.69) is 15.7 Å². The molecule has 31 heavy (non-hydrogen) atoms. The van der Waals surface area contributed by atoms with E-state index >= 15 is 0 Å². The maximum atomic E-state index is 12.6. The summed E-state index contributed by atoms with van der Waals surface area (Å²) in [6, 6.07) is 8.75. The van der Waals surface area contributed by atoms with Gasteiger partial charge in [-0.2, -0.15) is 5.10 Å². The van der Waals surface area contributed by atoms with E-state index in [0.717, 1.165) is 34.3 Å². The first-order valence-corrected chi connectivity index (χ1v) is 11.0. The van der Waals surface area contributed by atoms with Gasteiger partial charge in [0.25, 0.3) is 5.91 Å². The summed E-state index contributed by atoms with van der Waals surface area (Å²) in [5.74, 6) is -1.29. The van der Waals surface area contributed by atoms with E-state index in [1.165, 1.54) is 18.3 Å². The number of imide groups is 1. The Bertz CT molecular complexity index is 1150. The Hall–Kier alpha value is -2.91. The van der Waals surface area contributed by atoms with Gasteiger partial charge in [0.1, 0.15) is 9.71 Å². The number of halogens is 1. The Kier molecular flexibility index (Phi) is 5.97. The second-order valence-corrected chi connectivity index (χ2v) is 8.95. The number of carbonyl (C=O) groups is 3. The second-order valence-electron chi connectivity index (χ2n) is 7.48. The monoisotopic (exact) mass is 460 g/mol. The van der Waals surface area contributed by atoms with Crippen molar-refractivity contribution in [2.45, 2.75) is 45.4 Å². The van der Waals surface area contributed by atoms with Crippen LogP contribution in [0.1, 0.15) is 40.7 Å². The molecule has 1 saturated carbocycles. The molecule has 1 aliphatic rings. The van der Waals surface area contributed by atoms with E-state index in [-0.39, 0.29) is 6.04 Å². The smallest absolute Gasteiger partial charge is 0.349 e. The molecule has 0 saturated heterocycles. The minimum Gasteiger partial charge on any atom is -0.448 e. The summed E-state index contributed by atoms with van der Waals surface area (Å²) < 4.78 is 7.09. The number of aryl methyl sites for hydroxylation is 1. The number of ether oxygens (including phenoxy) is 1. The minimum atomic E-state index is -1.10. The zero-order valence-electron chi connectivity index (χ0n) is 17.0. The van der Waals surface area contributed by atoms with Gasteiger partial charge in [0.05, 0.1) is 12.2 Å². The van der Waals surface area contributed by atoms with Gasteiger partial charge in [0, 0.05) is 16.5 Å². The Labute approximate surface area is 187 Å². The molecule has 3 aromatic rings. The van der Waals surface area contributed by atoms with Gasteiger partial charge in [0.2, 0.25) is 0 Å². The maximum Gasteiger partial charge on any atom is 0.349 e. The third-order valence-electron chi connectivity index (χ3n) is 4.86. The number of rotatable bonds is 6. The van der Waals surface area contributed by atoms with E-state index in [9.17, 15) is 14.4 Å². The molecule has 8 nitrogen and oxygen atoms in total. The first kappa shape index (κ1) is 21.3. The summed E-state index contributed by atoms with van der Waals surface area (Å²) in [6.07, 6.45) is 0.717. The Morgan fingerprint density at radius 1 is 1.29 bits per heavy atom. The van der Waals surface area contributed by atoms with Crippen molar-refractivity contribution in [2.24, 2.45) is 0 Å². The number of esters is 1. The lowest BCUT2D eigenvalue weighted by Crippen LogP contribution is -2.45. The molecular formula is C21H21ClN4O4S. The highest BCUT2D eigenvalue weighted by molar-refractivity contribution is 7.20. The number of benzene rings is 1. The van der Waals surface area contributed by atoms with Crippen molar-refractivity contribution in [3.05, 3.63) is 51.5 Å². The van der Waals surface area contributed by atoms with Crippen LogP contribution < -0.4 is 10.6 Å². The summed E-state index contributed by atoms with van der Waals surface area (Å²) in [5, 5.41) is 10.9. The number of urea groups is 1. The maximum absolute atomic E-state index is 12.6. The fourth-order valence-corrected chi connectivity index (χ4v) is 4.19. The first-order valence-electron chi connectivity index (χ1n) is 9.84. The zero-order chi connectivity index (χ0) is 22.1. The third-order valence-corrected chi connectivity index (χ3v) is 6.24. The second kappa shape index (κ2) is 8.68. The topological polar surface area (TPSA) is 102 Å². The number of amides is 3. The van der Waals surface area contributed by atoms with Crippen LogP contribution in [0.2, 0.25) is 5.02 Å². The number of hydrogen-bond donors (Lipinski definition) is 2. The molecule has 0 spiro atoms. The molecule has 1 fully saturated rings. The van der Waals surface area contributed by atoms with Crippen LogP contribution in [-0.2, 0) is 16.1 Å². The van der Waals surface area contributed by atoms with Crippen LogP contribution in [0.15, 0.2) is 30.3 Å². The predicted molar refractivity (Wildman–Crippen MR) is 117 cm³/mol. The third kappa shape index (κ3) is 5.05. The van der Waals surface area contributed by atoms with Crippen LogP contribution in [0.5, 0.6) is 0 Å². The van der Waals surface area contributed by atoms with Crippen LogP contribution in [-0.4, -0.2) is 39.8 Å². The lowest BCUT2D eigenvalue weighted by atomic mass is 10.2. The van der Waals surface area contributed by atoms with Gasteiger partial charge in [-0.25, -0.2) is 9.59 Å². The van der Waals surface area contributed by atoms with Crippen molar-refractivity contribution >= 4 is 51.1 Å². The number of thiophene rings is 1. The molecule has 10 heteroatoms. The summed E-state index contributed by atoms with van der Waals surface area (Å²) in [5.41, 5.74) is 1.82. The van der Waals surface area contributed by atoms with E-state index in [1.807, 2.05) is 35.9 Å². The summed E-state index contributed by atoms with van der Waals surface area (Å²) >= 11 is 7.19. The minimum absolute atomic E-state index is 0.125. The van der Waals surface area contributed by atoms with E-state index in [1.54, 1.807) is 6.07 Å². The van der Waals surface area contributed by atoms with Crippen LogP contribution in [0, 0.1) is 6.92 Å². The molecule has 2 aromatic heterocycles.